The molecule has 3 nitrogen and oxygen atoms in total. The van der Waals surface area contributed by atoms with Crippen LogP contribution in [-0.2, 0) is 4.79 Å². The summed E-state index contributed by atoms with van der Waals surface area (Å²) in [5.74, 6) is -0.263. The zero-order valence-electron chi connectivity index (χ0n) is 17.9. The number of likely N-dealkylation sites (N-methyl/N-ethyl adjacent to an activating group) is 1. The van der Waals surface area contributed by atoms with Gasteiger partial charge in [0, 0.05) is 18.7 Å². The summed E-state index contributed by atoms with van der Waals surface area (Å²) in [6, 6.07) is 23.3. The zero-order valence-corrected chi connectivity index (χ0v) is 17.9. The van der Waals surface area contributed by atoms with Crippen LogP contribution < -0.4 is 0 Å². The Balaban J connectivity index is 1.66. The summed E-state index contributed by atoms with van der Waals surface area (Å²) in [5, 5.41) is 0. The molecule has 1 amide bonds. The molecule has 0 aliphatic carbocycles. The van der Waals surface area contributed by atoms with Crippen LogP contribution in [0.3, 0.4) is 0 Å². The van der Waals surface area contributed by atoms with E-state index in [0.717, 1.165) is 27.8 Å². The number of rotatable bonds is 6. The van der Waals surface area contributed by atoms with Crippen LogP contribution >= 0.6 is 0 Å². The van der Waals surface area contributed by atoms with E-state index in [1.165, 1.54) is 11.0 Å². The van der Waals surface area contributed by atoms with E-state index < -0.39 is 6.04 Å². The fourth-order valence-electron chi connectivity index (χ4n) is 3.20. The molecule has 1 unspecified atom stereocenters. The van der Waals surface area contributed by atoms with Crippen molar-refractivity contribution in [1.29, 1.82) is 0 Å². The van der Waals surface area contributed by atoms with Gasteiger partial charge in [0.1, 0.15) is 0 Å². The van der Waals surface area contributed by atoms with Crippen LogP contribution in [0.2, 0.25) is 0 Å². The number of hydrogen-bond donors (Lipinski definition) is 0. The molecule has 0 spiro atoms. The van der Waals surface area contributed by atoms with E-state index in [1.54, 1.807) is 20.0 Å². The Morgan fingerprint density at radius 2 is 1.47 bits per heavy atom. The molecule has 0 aromatic heterocycles. The standard InChI is InChI=1S/C27H27NO2/c1-19-10-14-25(18-20(19)2)27(30)21(3)28(4)26(29)17-13-22-11-15-24(16-12-22)23-8-6-5-7-9-23/h5-18,21H,1-4H3/b17-13+. The Morgan fingerprint density at radius 3 is 2.10 bits per heavy atom. The first-order chi connectivity index (χ1) is 14.4. The van der Waals surface area contributed by atoms with Crippen molar-refractivity contribution in [2.24, 2.45) is 0 Å². The molecule has 3 heteroatoms. The Labute approximate surface area is 178 Å². The molecular formula is C27H27NO2. The fraction of sp³-hybridized carbons (Fsp3) is 0.185. The van der Waals surface area contributed by atoms with Crippen molar-refractivity contribution in [1.82, 2.24) is 4.90 Å². The normalized spacial score (nSPS) is 12.0. The summed E-state index contributed by atoms with van der Waals surface area (Å²) in [7, 11) is 1.66. The van der Waals surface area contributed by atoms with Gasteiger partial charge in [0.25, 0.3) is 0 Å². The Bertz CT molecular complexity index is 1070. The van der Waals surface area contributed by atoms with E-state index in [4.69, 9.17) is 0 Å². The van der Waals surface area contributed by atoms with Gasteiger partial charge in [-0.25, -0.2) is 0 Å². The molecule has 30 heavy (non-hydrogen) atoms. The molecule has 1 atom stereocenters. The Hall–Kier alpha value is -3.46. The molecule has 0 radical (unpaired) electrons. The highest BCUT2D eigenvalue weighted by Gasteiger charge is 2.22. The number of benzene rings is 3. The van der Waals surface area contributed by atoms with Gasteiger partial charge in [-0.05, 0) is 60.7 Å². The third-order valence-corrected chi connectivity index (χ3v) is 5.54. The Kier molecular flexibility index (Phi) is 6.63. The van der Waals surface area contributed by atoms with E-state index in [-0.39, 0.29) is 11.7 Å². The number of amides is 1. The van der Waals surface area contributed by atoms with E-state index in [2.05, 4.69) is 12.1 Å². The number of carbonyl (C=O) groups is 2. The summed E-state index contributed by atoms with van der Waals surface area (Å²) in [6.07, 6.45) is 3.29. The van der Waals surface area contributed by atoms with Crippen molar-refractivity contribution >= 4 is 17.8 Å². The molecule has 3 rings (SSSR count). The lowest BCUT2D eigenvalue weighted by Crippen LogP contribution is -2.39. The SMILES string of the molecule is Cc1ccc(C(=O)C(C)N(C)C(=O)/C=C/c2ccc(-c3ccccc3)cc2)cc1C. The Morgan fingerprint density at radius 1 is 0.833 bits per heavy atom. The lowest BCUT2D eigenvalue weighted by atomic mass is 9.99. The van der Waals surface area contributed by atoms with Crippen molar-refractivity contribution in [3.63, 3.8) is 0 Å². The first-order valence-electron chi connectivity index (χ1n) is 10.1. The first-order valence-corrected chi connectivity index (χ1v) is 10.1. The number of aryl methyl sites for hydroxylation is 2. The fourth-order valence-corrected chi connectivity index (χ4v) is 3.20. The second kappa shape index (κ2) is 9.36. The van der Waals surface area contributed by atoms with Gasteiger partial charge in [0.15, 0.2) is 5.78 Å². The average Bonchev–Trinajstić information content (AvgIpc) is 2.78. The van der Waals surface area contributed by atoms with E-state index >= 15 is 0 Å². The smallest absolute Gasteiger partial charge is 0.246 e. The minimum absolute atomic E-state index is 0.0606. The van der Waals surface area contributed by atoms with E-state index in [0.29, 0.717) is 5.56 Å². The molecule has 0 saturated carbocycles. The molecule has 0 fully saturated rings. The van der Waals surface area contributed by atoms with Crippen LogP contribution in [0.4, 0.5) is 0 Å². The first kappa shape index (κ1) is 21.3. The predicted molar refractivity (Wildman–Crippen MR) is 123 cm³/mol. The number of carbonyl (C=O) groups excluding carboxylic acids is 2. The van der Waals surface area contributed by atoms with Crippen LogP contribution in [0.5, 0.6) is 0 Å². The van der Waals surface area contributed by atoms with Crippen molar-refractivity contribution in [2.75, 3.05) is 7.05 Å². The van der Waals surface area contributed by atoms with E-state index in [9.17, 15) is 9.59 Å². The molecular weight excluding hydrogens is 370 g/mol. The lowest BCUT2D eigenvalue weighted by molar-refractivity contribution is -0.125. The molecule has 0 saturated heterocycles. The van der Waals surface area contributed by atoms with Crippen LogP contribution in [0.15, 0.2) is 78.9 Å². The third-order valence-electron chi connectivity index (χ3n) is 5.54. The number of hydrogen-bond acceptors (Lipinski definition) is 2. The molecule has 0 heterocycles. The van der Waals surface area contributed by atoms with Gasteiger partial charge >= 0.3 is 0 Å². The second-order valence-corrected chi connectivity index (χ2v) is 7.61. The highest BCUT2D eigenvalue weighted by atomic mass is 16.2. The quantitative estimate of drug-likeness (QED) is 0.394. The van der Waals surface area contributed by atoms with Gasteiger partial charge in [-0.1, -0.05) is 66.7 Å². The number of Topliss-reactive ketones (excluding diaryl/α,β-unsaturated/α-hetero) is 1. The summed E-state index contributed by atoms with van der Waals surface area (Å²) in [4.78, 5) is 26.9. The maximum absolute atomic E-state index is 12.8. The summed E-state index contributed by atoms with van der Waals surface area (Å²) < 4.78 is 0. The lowest BCUT2D eigenvalue weighted by Gasteiger charge is -2.23. The van der Waals surface area contributed by atoms with Crippen molar-refractivity contribution in [3.05, 3.63) is 101 Å². The molecule has 152 valence electrons. The molecule has 0 N–H and O–H groups in total. The molecule has 0 aliphatic rings. The van der Waals surface area contributed by atoms with Gasteiger partial charge in [-0.15, -0.1) is 0 Å². The summed E-state index contributed by atoms with van der Waals surface area (Å²) in [6.45, 7) is 5.76. The number of ketones is 1. The second-order valence-electron chi connectivity index (χ2n) is 7.61. The molecule has 3 aromatic carbocycles. The zero-order chi connectivity index (χ0) is 21.7. The van der Waals surface area contributed by atoms with Gasteiger partial charge in [-0.2, -0.15) is 0 Å². The largest absolute Gasteiger partial charge is 0.332 e. The predicted octanol–water partition coefficient (Wildman–Crippen LogP) is 5.71. The summed E-state index contributed by atoms with van der Waals surface area (Å²) >= 11 is 0. The molecule has 0 aliphatic heterocycles. The monoisotopic (exact) mass is 397 g/mol. The highest BCUT2D eigenvalue weighted by Crippen LogP contribution is 2.20. The van der Waals surface area contributed by atoms with Gasteiger partial charge in [0.05, 0.1) is 6.04 Å². The van der Waals surface area contributed by atoms with Crippen LogP contribution in [0.1, 0.15) is 34.0 Å². The van der Waals surface area contributed by atoms with E-state index in [1.807, 2.05) is 74.5 Å². The van der Waals surface area contributed by atoms with Crippen LogP contribution in [0.25, 0.3) is 17.2 Å². The maximum atomic E-state index is 12.8. The minimum atomic E-state index is -0.537. The van der Waals surface area contributed by atoms with Crippen molar-refractivity contribution < 1.29 is 9.59 Å². The van der Waals surface area contributed by atoms with Crippen molar-refractivity contribution in [2.45, 2.75) is 26.8 Å². The molecule has 0 bridgehead atoms. The highest BCUT2D eigenvalue weighted by molar-refractivity contribution is 6.03. The molecule has 3 aromatic rings. The minimum Gasteiger partial charge on any atom is -0.332 e. The topological polar surface area (TPSA) is 37.4 Å². The number of nitrogens with zero attached hydrogens (tertiary/aromatic N) is 1. The average molecular weight is 398 g/mol. The van der Waals surface area contributed by atoms with Crippen molar-refractivity contribution in [3.8, 4) is 11.1 Å². The third kappa shape index (κ3) is 4.93. The van der Waals surface area contributed by atoms with Crippen LogP contribution in [0, 0.1) is 13.8 Å². The van der Waals surface area contributed by atoms with Crippen LogP contribution in [-0.4, -0.2) is 29.7 Å². The van der Waals surface area contributed by atoms with Gasteiger partial charge < -0.3 is 4.90 Å². The van der Waals surface area contributed by atoms with Gasteiger partial charge in [-0.3, -0.25) is 9.59 Å². The van der Waals surface area contributed by atoms with Gasteiger partial charge in [0.2, 0.25) is 5.91 Å². The maximum Gasteiger partial charge on any atom is 0.246 e. The summed E-state index contributed by atoms with van der Waals surface area (Å²) in [5.41, 5.74) is 6.06.